The normalized spacial score (nSPS) is 12.0. The average Bonchev–Trinajstić information content (AvgIpc) is 3.39. The van der Waals surface area contributed by atoms with Gasteiger partial charge in [0.15, 0.2) is 5.58 Å². The Balaban J connectivity index is 1.02. The van der Waals surface area contributed by atoms with E-state index < -0.39 is 18.0 Å². The molecule has 0 saturated carbocycles. The van der Waals surface area contributed by atoms with E-state index in [-0.39, 0.29) is 23.4 Å². The largest absolute Gasteiger partial charge is 0.506 e. The van der Waals surface area contributed by atoms with Crippen LogP contribution in [0.15, 0.2) is 105 Å². The summed E-state index contributed by atoms with van der Waals surface area (Å²) < 4.78 is 7.19. The van der Waals surface area contributed by atoms with Gasteiger partial charge in [-0.1, -0.05) is 61.0 Å². The molecule has 11 heteroatoms. The molecule has 1 amide bonds. The number of carboxylic acid groups (broad SMARTS) is 1. The maximum absolute atomic E-state index is 12.7. The number of anilines is 1. The van der Waals surface area contributed by atoms with Crippen molar-refractivity contribution in [2.24, 2.45) is 0 Å². The predicted molar refractivity (Wildman–Crippen MR) is 184 cm³/mol. The van der Waals surface area contributed by atoms with Gasteiger partial charge in [-0.3, -0.25) is 14.7 Å². The Hall–Kier alpha value is -5.65. The Morgan fingerprint density at radius 2 is 1.71 bits per heavy atom. The van der Waals surface area contributed by atoms with Crippen molar-refractivity contribution < 1.29 is 24.5 Å². The van der Waals surface area contributed by atoms with Crippen LogP contribution in [0.5, 0.6) is 5.75 Å². The van der Waals surface area contributed by atoms with E-state index in [1.54, 1.807) is 16.7 Å². The zero-order valence-corrected chi connectivity index (χ0v) is 26.1. The van der Waals surface area contributed by atoms with Crippen molar-refractivity contribution >= 4 is 33.8 Å². The van der Waals surface area contributed by atoms with E-state index in [0.717, 1.165) is 47.9 Å². The van der Waals surface area contributed by atoms with Crippen LogP contribution in [0, 0.1) is 0 Å². The third kappa shape index (κ3) is 7.33. The molecule has 6 aromatic rings. The number of nitrogens with one attached hydrogen (secondary N) is 3. The predicted octanol–water partition coefficient (Wildman–Crippen LogP) is 6.13. The standard InChI is InChI=1S/C37H36N4O7/c42-31-16-13-27(28-14-17-34(44)40-35(28)31)32(43)22-38-21-24-11-15-30-33(20-24)48-37(47)41(30)18-6-2-3-7-23-10-12-26(25-8-4-1-5-9-25)29(19-23)39-36(45)46/h1,4-5,8-17,19-20,32,38-39,42-43H,2-3,6-7,18,21-22H2,(H,40,44)(H,45,46)/t32-/m0/s1. The van der Waals surface area contributed by atoms with E-state index in [1.165, 1.54) is 12.1 Å². The number of nitrogens with zero attached hydrogens (tertiary/aromatic N) is 1. The van der Waals surface area contributed by atoms with Crippen LogP contribution in [0.3, 0.4) is 0 Å². The van der Waals surface area contributed by atoms with Crippen LogP contribution in [0.25, 0.3) is 33.1 Å². The number of aromatic amines is 1. The number of phenols is 1. The third-order valence-electron chi connectivity index (χ3n) is 8.42. The Morgan fingerprint density at radius 1 is 0.896 bits per heavy atom. The number of benzene rings is 4. The van der Waals surface area contributed by atoms with Crippen molar-refractivity contribution in [3.8, 4) is 16.9 Å². The molecule has 1 atom stereocenters. The second-order valence-corrected chi connectivity index (χ2v) is 11.7. The number of oxazole rings is 1. The van der Waals surface area contributed by atoms with Crippen molar-refractivity contribution in [2.45, 2.75) is 44.9 Å². The van der Waals surface area contributed by atoms with E-state index in [0.29, 0.717) is 40.8 Å². The van der Waals surface area contributed by atoms with Gasteiger partial charge in [-0.2, -0.15) is 0 Å². The minimum absolute atomic E-state index is 0.0656. The van der Waals surface area contributed by atoms with Crippen LogP contribution in [-0.4, -0.2) is 37.5 Å². The highest BCUT2D eigenvalue weighted by atomic mass is 16.4. The number of carbonyl (C=O) groups is 1. The van der Waals surface area contributed by atoms with E-state index in [4.69, 9.17) is 4.42 Å². The van der Waals surface area contributed by atoms with Crippen LogP contribution < -0.4 is 21.9 Å². The molecule has 2 heterocycles. The van der Waals surface area contributed by atoms with Gasteiger partial charge in [-0.15, -0.1) is 0 Å². The highest BCUT2D eigenvalue weighted by Gasteiger charge is 2.15. The summed E-state index contributed by atoms with van der Waals surface area (Å²) in [5.41, 5.74) is 5.95. The minimum Gasteiger partial charge on any atom is -0.506 e. The van der Waals surface area contributed by atoms with Gasteiger partial charge in [0.25, 0.3) is 0 Å². The Morgan fingerprint density at radius 3 is 2.52 bits per heavy atom. The molecule has 0 bridgehead atoms. The first kappa shape index (κ1) is 32.3. The first-order chi connectivity index (χ1) is 23.3. The third-order valence-corrected chi connectivity index (χ3v) is 8.42. The maximum Gasteiger partial charge on any atom is 0.419 e. The van der Waals surface area contributed by atoms with Crippen molar-refractivity contribution in [3.63, 3.8) is 0 Å². The second-order valence-electron chi connectivity index (χ2n) is 11.7. The lowest BCUT2D eigenvalue weighted by molar-refractivity contribution is 0.176. The van der Waals surface area contributed by atoms with Crippen molar-refractivity contribution in [1.29, 1.82) is 0 Å². The fraction of sp³-hybridized carbons (Fsp3) is 0.216. The average molecular weight is 649 g/mol. The molecule has 4 aromatic carbocycles. The van der Waals surface area contributed by atoms with E-state index >= 15 is 0 Å². The fourth-order valence-electron chi connectivity index (χ4n) is 6.06. The number of aliphatic hydroxyl groups is 1. The zero-order chi connectivity index (χ0) is 33.6. The Bertz CT molecular complexity index is 2190. The molecular formula is C37H36N4O7. The molecule has 0 aliphatic rings. The summed E-state index contributed by atoms with van der Waals surface area (Å²) in [5.74, 6) is -0.479. The van der Waals surface area contributed by atoms with Gasteiger partial charge >= 0.3 is 11.8 Å². The lowest BCUT2D eigenvalue weighted by Gasteiger charge is -2.15. The van der Waals surface area contributed by atoms with Crippen LogP contribution >= 0.6 is 0 Å². The van der Waals surface area contributed by atoms with Crippen LogP contribution in [0.4, 0.5) is 10.5 Å². The summed E-state index contributed by atoms with van der Waals surface area (Å²) >= 11 is 0. The number of aromatic hydroxyl groups is 1. The lowest BCUT2D eigenvalue weighted by Crippen LogP contribution is -2.21. The molecule has 6 N–H and O–H groups in total. The molecule has 0 fully saturated rings. The topological polar surface area (TPSA) is 170 Å². The SMILES string of the molecule is O=C(O)Nc1cc(CCCCCn2c(=O)oc3cc(CNC[C@H](O)c4ccc(O)c5[nH]c(=O)ccc45)ccc32)ccc1-c1ccccc1. The second kappa shape index (κ2) is 14.4. The van der Waals surface area contributed by atoms with Crippen molar-refractivity contribution in [3.05, 3.63) is 129 Å². The molecular weight excluding hydrogens is 612 g/mol. The van der Waals surface area contributed by atoms with Gasteiger partial charge < -0.3 is 30.0 Å². The molecule has 6 rings (SSSR count). The molecule has 48 heavy (non-hydrogen) atoms. The van der Waals surface area contributed by atoms with Gasteiger partial charge in [0.2, 0.25) is 5.56 Å². The Labute approximate surface area is 275 Å². The number of hydrogen-bond acceptors (Lipinski definition) is 7. The molecule has 11 nitrogen and oxygen atoms in total. The monoisotopic (exact) mass is 648 g/mol. The number of amides is 1. The number of rotatable bonds is 13. The zero-order valence-electron chi connectivity index (χ0n) is 26.1. The highest BCUT2D eigenvalue weighted by molar-refractivity contribution is 5.91. The van der Waals surface area contributed by atoms with E-state index in [1.807, 2.05) is 66.7 Å². The molecule has 246 valence electrons. The summed E-state index contributed by atoms with van der Waals surface area (Å²) in [4.78, 5) is 38.4. The number of fused-ring (bicyclic) bond motifs is 2. The van der Waals surface area contributed by atoms with Gasteiger partial charge in [-0.05, 0) is 71.8 Å². The van der Waals surface area contributed by atoms with Gasteiger partial charge in [0.1, 0.15) is 5.75 Å². The molecule has 0 spiro atoms. The maximum atomic E-state index is 12.7. The molecule has 0 saturated heterocycles. The van der Waals surface area contributed by atoms with Gasteiger partial charge in [0, 0.05) is 36.7 Å². The first-order valence-corrected chi connectivity index (χ1v) is 15.8. The molecule has 0 unspecified atom stereocenters. The number of aryl methyl sites for hydroxylation is 2. The number of hydrogen-bond donors (Lipinski definition) is 6. The smallest absolute Gasteiger partial charge is 0.419 e. The number of unbranched alkanes of at least 4 members (excludes halogenated alkanes) is 2. The number of phenolic OH excluding ortho intramolecular Hbond substituents is 1. The van der Waals surface area contributed by atoms with Crippen molar-refractivity contribution in [1.82, 2.24) is 14.9 Å². The van der Waals surface area contributed by atoms with Gasteiger partial charge in [0.05, 0.1) is 22.8 Å². The lowest BCUT2D eigenvalue weighted by atomic mass is 9.99. The summed E-state index contributed by atoms with van der Waals surface area (Å²) in [5, 5.41) is 36.6. The number of aliphatic hydroxyl groups excluding tert-OH is 1. The van der Waals surface area contributed by atoms with E-state index in [9.17, 15) is 29.7 Å². The van der Waals surface area contributed by atoms with Crippen molar-refractivity contribution in [2.75, 3.05) is 11.9 Å². The number of aromatic nitrogens is 2. The molecule has 0 aliphatic carbocycles. The molecule has 2 aromatic heterocycles. The summed E-state index contributed by atoms with van der Waals surface area (Å²) in [6.45, 7) is 1.15. The Kier molecular flexibility index (Phi) is 9.70. The van der Waals surface area contributed by atoms with Crippen LogP contribution in [-0.2, 0) is 19.5 Å². The van der Waals surface area contributed by atoms with E-state index in [2.05, 4.69) is 15.6 Å². The number of H-pyrrole nitrogens is 1. The summed E-state index contributed by atoms with van der Waals surface area (Å²) in [6.07, 6.45) is 1.30. The summed E-state index contributed by atoms with van der Waals surface area (Å²) in [7, 11) is 0. The van der Waals surface area contributed by atoms with Crippen LogP contribution in [0.2, 0.25) is 0 Å². The highest BCUT2D eigenvalue weighted by Crippen LogP contribution is 2.30. The fourth-order valence-corrected chi connectivity index (χ4v) is 6.06. The quantitative estimate of drug-likeness (QED) is 0.0812. The molecule has 0 radical (unpaired) electrons. The molecule has 0 aliphatic heterocycles. The van der Waals surface area contributed by atoms with Crippen LogP contribution in [0.1, 0.15) is 42.1 Å². The summed E-state index contributed by atoms with van der Waals surface area (Å²) in [6, 6.07) is 27.1. The minimum atomic E-state index is -1.11. The van der Waals surface area contributed by atoms with Gasteiger partial charge in [-0.25, -0.2) is 9.59 Å². The first-order valence-electron chi connectivity index (χ1n) is 15.8. The number of pyridine rings is 1.